The van der Waals surface area contributed by atoms with Crippen LogP contribution in [0.3, 0.4) is 0 Å². The molecule has 0 aromatic heterocycles. The summed E-state index contributed by atoms with van der Waals surface area (Å²) in [4.78, 5) is 16.8. The zero-order valence-electron chi connectivity index (χ0n) is 7.97. The number of alkyl halides is 1. The van der Waals surface area contributed by atoms with Gasteiger partial charge in [-0.25, -0.2) is 5.06 Å². The standard InChI is InChI=1S/C11H10BrNO2/c12-8-10(14)11-6-7-13(15-11)9-4-2-1-3-5-9/h1-7,11H,8H2/t11-/m0/s1. The van der Waals surface area contributed by atoms with Crippen molar-refractivity contribution in [2.75, 3.05) is 10.4 Å². The molecular weight excluding hydrogens is 258 g/mol. The Balaban J connectivity index is 2.06. The fraction of sp³-hybridized carbons (Fsp3) is 0.182. The normalized spacial score (nSPS) is 19.5. The number of benzene rings is 1. The number of nitrogens with zero attached hydrogens (tertiary/aromatic N) is 1. The van der Waals surface area contributed by atoms with Crippen LogP contribution in [0.1, 0.15) is 0 Å². The smallest absolute Gasteiger partial charge is 0.178 e. The van der Waals surface area contributed by atoms with Gasteiger partial charge in [-0.05, 0) is 18.2 Å². The molecule has 1 aromatic carbocycles. The molecule has 0 bridgehead atoms. The van der Waals surface area contributed by atoms with Crippen molar-refractivity contribution in [3.05, 3.63) is 42.6 Å². The number of anilines is 1. The monoisotopic (exact) mass is 267 g/mol. The van der Waals surface area contributed by atoms with Gasteiger partial charge in [-0.2, -0.15) is 0 Å². The van der Waals surface area contributed by atoms with Crippen LogP contribution in [0.2, 0.25) is 0 Å². The fourth-order valence-electron chi connectivity index (χ4n) is 1.31. The van der Waals surface area contributed by atoms with Gasteiger partial charge in [0.25, 0.3) is 0 Å². The molecule has 1 heterocycles. The maximum absolute atomic E-state index is 11.3. The first-order chi connectivity index (χ1) is 7.31. The number of Topliss-reactive ketones (excluding diaryl/α,β-unsaturated/α-hetero) is 1. The van der Waals surface area contributed by atoms with Gasteiger partial charge < -0.3 is 0 Å². The van der Waals surface area contributed by atoms with Crippen molar-refractivity contribution in [1.29, 1.82) is 0 Å². The molecule has 0 N–H and O–H groups in total. The number of hydrogen-bond donors (Lipinski definition) is 0. The summed E-state index contributed by atoms with van der Waals surface area (Å²) in [5, 5.41) is 1.91. The molecule has 1 aliphatic rings. The summed E-state index contributed by atoms with van der Waals surface area (Å²) in [6.07, 6.45) is 3.04. The third-order valence-corrected chi connectivity index (χ3v) is 2.64. The molecule has 78 valence electrons. The number of hydroxylamine groups is 1. The van der Waals surface area contributed by atoms with E-state index in [0.29, 0.717) is 5.33 Å². The van der Waals surface area contributed by atoms with Gasteiger partial charge in [0, 0.05) is 6.20 Å². The van der Waals surface area contributed by atoms with Crippen molar-refractivity contribution in [3.63, 3.8) is 0 Å². The van der Waals surface area contributed by atoms with Gasteiger partial charge in [-0.1, -0.05) is 34.1 Å². The van der Waals surface area contributed by atoms with Crippen LogP contribution in [0, 0.1) is 0 Å². The summed E-state index contributed by atoms with van der Waals surface area (Å²) in [7, 11) is 0. The van der Waals surface area contributed by atoms with E-state index in [2.05, 4.69) is 15.9 Å². The molecule has 1 aliphatic heterocycles. The molecule has 4 heteroatoms. The average molecular weight is 268 g/mol. The molecule has 0 unspecified atom stereocenters. The molecule has 3 nitrogen and oxygen atoms in total. The quantitative estimate of drug-likeness (QED) is 0.788. The lowest BCUT2D eigenvalue weighted by Crippen LogP contribution is -2.25. The van der Waals surface area contributed by atoms with Crippen LogP contribution in [-0.4, -0.2) is 17.2 Å². The summed E-state index contributed by atoms with van der Waals surface area (Å²) in [6, 6.07) is 9.62. The Morgan fingerprint density at radius 1 is 1.40 bits per heavy atom. The molecule has 0 saturated heterocycles. The molecule has 0 amide bonds. The van der Waals surface area contributed by atoms with Gasteiger partial charge in [-0.3, -0.25) is 9.63 Å². The highest BCUT2D eigenvalue weighted by Crippen LogP contribution is 2.20. The summed E-state index contributed by atoms with van der Waals surface area (Å²) < 4.78 is 0. The Hall–Kier alpha value is -1.13. The van der Waals surface area contributed by atoms with E-state index in [1.807, 2.05) is 30.3 Å². The van der Waals surface area contributed by atoms with Crippen LogP contribution in [0.5, 0.6) is 0 Å². The molecule has 1 aromatic rings. The van der Waals surface area contributed by atoms with Crippen LogP contribution in [0.4, 0.5) is 5.69 Å². The second-order valence-electron chi connectivity index (χ2n) is 3.13. The van der Waals surface area contributed by atoms with Gasteiger partial charge in [0.05, 0.1) is 11.0 Å². The van der Waals surface area contributed by atoms with Gasteiger partial charge in [0.15, 0.2) is 11.9 Å². The minimum absolute atomic E-state index is 0.0182. The Bertz CT molecular complexity index is 377. The topological polar surface area (TPSA) is 29.5 Å². The highest BCUT2D eigenvalue weighted by Gasteiger charge is 2.23. The first-order valence-corrected chi connectivity index (χ1v) is 5.71. The first kappa shape index (κ1) is 10.4. The largest absolute Gasteiger partial charge is 0.295 e. The number of carbonyl (C=O) groups is 1. The number of para-hydroxylation sites is 1. The third-order valence-electron chi connectivity index (χ3n) is 2.08. The van der Waals surface area contributed by atoms with E-state index < -0.39 is 6.10 Å². The molecule has 0 radical (unpaired) electrons. The Labute approximate surface area is 96.4 Å². The van der Waals surface area contributed by atoms with Crippen molar-refractivity contribution in [3.8, 4) is 0 Å². The lowest BCUT2D eigenvalue weighted by molar-refractivity contribution is -0.124. The first-order valence-electron chi connectivity index (χ1n) is 4.59. The van der Waals surface area contributed by atoms with Gasteiger partial charge in [0.2, 0.25) is 0 Å². The van der Waals surface area contributed by atoms with E-state index in [9.17, 15) is 4.79 Å². The SMILES string of the molecule is O=C(CBr)[C@@H]1C=CN(c2ccccc2)O1. The van der Waals surface area contributed by atoms with Gasteiger partial charge >= 0.3 is 0 Å². The predicted octanol–water partition coefficient (Wildman–Crippen LogP) is 2.28. The van der Waals surface area contributed by atoms with Crippen molar-refractivity contribution < 1.29 is 9.63 Å². The van der Waals surface area contributed by atoms with Crippen LogP contribution in [0.25, 0.3) is 0 Å². The summed E-state index contributed by atoms with van der Waals surface area (Å²) in [5.41, 5.74) is 0.915. The highest BCUT2D eigenvalue weighted by molar-refractivity contribution is 9.09. The number of hydrogen-bond acceptors (Lipinski definition) is 3. The van der Waals surface area contributed by atoms with Crippen LogP contribution < -0.4 is 5.06 Å². The molecule has 0 spiro atoms. The summed E-state index contributed by atoms with van der Waals surface area (Å²) in [6.45, 7) is 0. The minimum Gasteiger partial charge on any atom is -0.295 e. The Morgan fingerprint density at radius 3 is 2.80 bits per heavy atom. The maximum atomic E-state index is 11.3. The number of rotatable bonds is 3. The Kier molecular flexibility index (Phi) is 3.18. The lowest BCUT2D eigenvalue weighted by Gasteiger charge is -2.16. The maximum Gasteiger partial charge on any atom is 0.178 e. The van der Waals surface area contributed by atoms with Gasteiger partial charge in [-0.15, -0.1) is 0 Å². The van der Waals surface area contributed by atoms with Crippen molar-refractivity contribution in [1.82, 2.24) is 0 Å². The van der Waals surface area contributed by atoms with E-state index in [4.69, 9.17) is 4.84 Å². The molecule has 2 rings (SSSR count). The second kappa shape index (κ2) is 4.59. The third kappa shape index (κ3) is 2.27. The van der Waals surface area contributed by atoms with E-state index in [-0.39, 0.29) is 5.78 Å². The molecule has 1 atom stereocenters. The number of halogens is 1. The van der Waals surface area contributed by atoms with Crippen LogP contribution in [0.15, 0.2) is 42.6 Å². The summed E-state index contributed by atoms with van der Waals surface area (Å²) in [5.74, 6) is 0.0182. The number of carbonyl (C=O) groups excluding carboxylic acids is 1. The van der Waals surface area contributed by atoms with Crippen molar-refractivity contribution in [2.24, 2.45) is 0 Å². The van der Waals surface area contributed by atoms with Crippen molar-refractivity contribution in [2.45, 2.75) is 6.10 Å². The number of ketones is 1. The second-order valence-corrected chi connectivity index (χ2v) is 3.69. The van der Waals surface area contributed by atoms with E-state index in [0.717, 1.165) is 5.69 Å². The van der Waals surface area contributed by atoms with Crippen LogP contribution >= 0.6 is 15.9 Å². The zero-order chi connectivity index (χ0) is 10.7. The van der Waals surface area contributed by atoms with E-state index in [1.54, 1.807) is 17.3 Å². The van der Waals surface area contributed by atoms with Crippen molar-refractivity contribution >= 4 is 27.4 Å². The molecular formula is C11H10BrNO2. The summed E-state index contributed by atoms with van der Waals surface area (Å²) >= 11 is 3.12. The fourth-order valence-corrected chi connectivity index (χ4v) is 1.63. The molecule has 0 aliphatic carbocycles. The molecule has 0 saturated carbocycles. The van der Waals surface area contributed by atoms with Crippen LogP contribution in [-0.2, 0) is 9.63 Å². The molecule has 15 heavy (non-hydrogen) atoms. The average Bonchev–Trinajstić information content (AvgIpc) is 2.78. The van der Waals surface area contributed by atoms with Gasteiger partial charge in [0.1, 0.15) is 0 Å². The predicted molar refractivity (Wildman–Crippen MR) is 61.7 cm³/mol. The minimum atomic E-state index is -0.468. The zero-order valence-corrected chi connectivity index (χ0v) is 9.55. The Morgan fingerprint density at radius 2 is 2.13 bits per heavy atom. The highest BCUT2D eigenvalue weighted by atomic mass is 79.9. The van der Waals surface area contributed by atoms with E-state index in [1.165, 1.54) is 0 Å². The molecule has 0 fully saturated rings. The lowest BCUT2D eigenvalue weighted by atomic mass is 10.2. The van der Waals surface area contributed by atoms with E-state index >= 15 is 0 Å².